The molecular weight excluding hydrogens is 176 g/mol. The van der Waals surface area contributed by atoms with E-state index >= 15 is 0 Å². The summed E-state index contributed by atoms with van der Waals surface area (Å²) in [5.74, 6) is 0.104. The summed E-state index contributed by atoms with van der Waals surface area (Å²) in [6.07, 6.45) is 7.93. The minimum atomic E-state index is -1.11. The van der Waals surface area contributed by atoms with Gasteiger partial charge < -0.3 is 10.2 Å². The highest BCUT2D eigenvalue weighted by atomic mass is 16.5. The third-order valence-corrected chi connectivity index (χ3v) is 2.78. The molecule has 0 radical (unpaired) electrons. The van der Waals surface area contributed by atoms with Crippen molar-refractivity contribution in [1.29, 1.82) is 0 Å². The lowest BCUT2D eigenvalue weighted by atomic mass is 9.95. The lowest BCUT2D eigenvalue weighted by Gasteiger charge is -2.18. The fourth-order valence-electron chi connectivity index (χ4n) is 1.74. The molecule has 86 valence electrons. The summed E-state index contributed by atoms with van der Waals surface area (Å²) in [5, 5.41) is 18.3. The van der Waals surface area contributed by atoms with E-state index in [2.05, 4.69) is 13.8 Å². The van der Waals surface area contributed by atoms with Gasteiger partial charge in [0.15, 0.2) is 6.29 Å². The molecule has 0 unspecified atom stereocenters. The van der Waals surface area contributed by atoms with Gasteiger partial charge in [0.2, 0.25) is 0 Å². The van der Waals surface area contributed by atoms with Crippen LogP contribution in [0.4, 0.5) is 0 Å². The van der Waals surface area contributed by atoms with Crippen LogP contribution in [0.15, 0.2) is 0 Å². The maximum atomic E-state index is 9.15. The van der Waals surface area contributed by atoms with Crippen LogP contribution in [0.5, 0.6) is 0 Å². The van der Waals surface area contributed by atoms with Crippen LogP contribution in [-0.4, -0.2) is 16.5 Å². The summed E-state index contributed by atoms with van der Waals surface area (Å²) < 4.78 is 0. The van der Waals surface area contributed by atoms with Crippen molar-refractivity contribution >= 4 is 0 Å². The molecule has 0 aromatic rings. The summed E-state index contributed by atoms with van der Waals surface area (Å²) >= 11 is 0. The van der Waals surface area contributed by atoms with Gasteiger partial charge in [-0.05, 0) is 12.8 Å². The SMILES string of the molecule is CCCCCC[C@H](CCCC)C(O)O. The van der Waals surface area contributed by atoms with Gasteiger partial charge in [0.1, 0.15) is 0 Å². The van der Waals surface area contributed by atoms with Crippen LogP contribution in [0.1, 0.15) is 65.2 Å². The molecule has 1 atom stereocenters. The van der Waals surface area contributed by atoms with Crippen LogP contribution < -0.4 is 0 Å². The highest BCUT2D eigenvalue weighted by Gasteiger charge is 2.15. The first-order chi connectivity index (χ1) is 6.72. The van der Waals surface area contributed by atoms with Gasteiger partial charge in [-0.15, -0.1) is 0 Å². The second kappa shape index (κ2) is 9.47. The molecule has 14 heavy (non-hydrogen) atoms. The summed E-state index contributed by atoms with van der Waals surface area (Å²) in [7, 11) is 0. The van der Waals surface area contributed by atoms with E-state index in [0.717, 1.165) is 32.1 Å². The van der Waals surface area contributed by atoms with Gasteiger partial charge in [0, 0.05) is 5.92 Å². The predicted octanol–water partition coefficient (Wildman–Crippen LogP) is 3.07. The summed E-state index contributed by atoms with van der Waals surface area (Å²) in [5.41, 5.74) is 0. The molecular formula is C12H26O2. The van der Waals surface area contributed by atoms with E-state index in [0.29, 0.717) is 0 Å². The molecule has 2 nitrogen and oxygen atoms in total. The molecule has 0 aliphatic heterocycles. The van der Waals surface area contributed by atoms with Crippen molar-refractivity contribution in [2.24, 2.45) is 5.92 Å². The first kappa shape index (κ1) is 13.9. The van der Waals surface area contributed by atoms with Crippen molar-refractivity contribution in [3.8, 4) is 0 Å². The van der Waals surface area contributed by atoms with Crippen LogP contribution in [0, 0.1) is 5.92 Å². The summed E-state index contributed by atoms with van der Waals surface area (Å²) in [6.45, 7) is 4.33. The smallest absolute Gasteiger partial charge is 0.154 e. The van der Waals surface area contributed by atoms with Gasteiger partial charge in [-0.25, -0.2) is 0 Å². The van der Waals surface area contributed by atoms with E-state index in [9.17, 15) is 0 Å². The normalized spacial score (nSPS) is 13.5. The quantitative estimate of drug-likeness (QED) is 0.445. The Kier molecular flexibility index (Phi) is 9.42. The second-order valence-electron chi connectivity index (χ2n) is 4.17. The van der Waals surface area contributed by atoms with Gasteiger partial charge in [0.25, 0.3) is 0 Å². The number of hydrogen-bond acceptors (Lipinski definition) is 2. The Morgan fingerprint density at radius 2 is 1.36 bits per heavy atom. The van der Waals surface area contributed by atoms with Crippen molar-refractivity contribution in [3.63, 3.8) is 0 Å². The third kappa shape index (κ3) is 7.34. The first-order valence-corrected chi connectivity index (χ1v) is 6.08. The zero-order valence-corrected chi connectivity index (χ0v) is 9.71. The lowest BCUT2D eigenvalue weighted by Crippen LogP contribution is -2.19. The molecule has 0 rings (SSSR count). The molecule has 0 saturated carbocycles. The highest BCUT2D eigenvalue weighted by molar-refractivity contribution is 4.61. The molecule has 0 amide bonds. The van der Waals surface area contributed by atoms with Crippen LogP contribution in [0.2, 0.25) is 0 Å². The number of rotatable bonds is 9. The summed E-state index contributed by atoms with van der Waals surface area (Å²) in [6, 6.07) is 0. The molecule has 0 aromatic carbocycles. The van der Waals surface area contributed by atoms with E-state index in [-0.39, 0.29) is 5.92 Å². The molecule has 0 saturated heterocycles. The van der Waals surface area contributed by atoms with Crippen molar-refractivity contribution in [1.82, 2.24) is 0 Å². The van der Waals surface area contributed by atoms with Crippen molar-refractivity contribution < 1.29 is 10.2 Å². The topological polar surface area (TPSA) is 40.5 Å². The molecule has 0 fully saturated rings. The average Bonchev–Trinajstić information content (AvgIpc) is 2.16. The van der Waals surface area contributed by atoms with E-state index in [1.54, 1.807) is 0 Å². The standard InChI is InChI=1S/C12H26O2/c1-3-5-7-8-10-11(12(13)14)9-6-4-2/h11-14H,3-10H2,1-2H3/t11-/m0/s1. The van der Waals surface area contributed by atoms with Gasteiger partial charge >= 0.3 is 0 Å². The van der Waals surface area contributed by atoms with Crippen LogP contribution >= 0.6 is 0 Å². The zero-order valence-electron chi connectivity index (χ0n) is 9.71. The fraction of sp³-hybridized carbons (Fsp3) is 1.00. The number of hydrogen-bond donors (Lipinski definition) is 2. The van der Waals surface area contributed by atoms with Crippen LogP contribution in [0.25, 0.3) is 0 Å². The van der Waals surface area contributed by atoms with E-state index in [1.807, 2.05) is 0 Å². The first-order valence-electron chi connectivity index (χ1n) is 6.08. The van der Waals surface area contributed by atoms with Crippen molar-refractivity contribution in [2.75, 3.05) is 0 Å². The molecule has 2 N–H and O–H groups in total. The second-order valence-corrected chi connectivity index (χ2v) is 4.17. The Hall–Kier alpha value is -0.0800. The van der Waals surface area contributed by atoms with Crippen LogP contribution in [0.3, 0.4) is 0 Å². The minimum absolute atomic E-state index is 0.104. The molecule has 0 aromatic heterocycles. The van der Waals surface area contributed by atoms with E-state index < -0.39 is 6.29 Å². The maximum absolute atomic E-state index is 9.15. The fourth-order valence-corrected chi connectivity index (χ4v) is 1.74. The Bertz CT molecular complexity index is 113. The van der Waals surface area contributed by atoms with Crippen molar-refractivity contribution in [2.45, 2.75) is 71.5 Å². The number of unbranched alkanes of at least 4 members (excludes halogenated alkanes) is 4. The monoisotopic (exact) mass is 202 g/mol. The average molecular weight is 202 g/mol. The zero-order chi connectivity index (χ0) is 10.8. The van der Waals surface area contributed by atoms with Gasteiger partial charge in [-0.1, -0.05) is 52.4 Å². The Balaban J connectivity index is 3.52. The molecule has 0 aliphatic rings. The number of aliphatic hydroxyl groups excluding tert-OH is 1. The molecule has 2 heteroatoms. The van der Waals surface area contributed by atoms with Gasteiger partial charge in [0.05, 0.1) is 0 Å². The molecule has 0 heterocycles. The molecule has 0 bridgehead atoms. The molecule has 0 aliphatic carbocycles. The summed E-state index contributed by atoms with van der Waals surface area (Å²) in [4.78, 5) is 0. The largest absolute Gasteiger partial charge is 0.368 e. The van der Waals surface area contributed by atoms with Crippen LogP contribution in [-0.2, 0) is 0 Å². The predicted molar refractivity (Wildman–Crippen MR) is 60.0 cm³/mol. The Morgan fingerprint density at radius 1 is 0.786 bits per heavy atom. The highest BCUT2D eigenvalue weighted by Crippen LogP contribution is 2.19. The van der Waals surface area contributed by atoms with E-state index in [1.165, 1.54) is 19.3 Å². The minimum Gasteiger partial charge on any atom is -0.368 e. The maximum Gasteiger partial charge on any atom is 0.154 e. The van der Waals surface area contributed by atoms with E-state index in [4.69, 9.17) is 10.2 Å². The Morgan fingerprint density at radius 3 is 1.86 bits per heavy atom. The lowest BCUT2D eigenvalue weighted by molar-refractivity contribution is -0.0889. The molecule has 0 spiro atoms. The number of aliphatic hydroxyl groups is 2. The van der Waals surface area contributed by atoms with Crippen molar-refractivity contribution in [3.05, 3.63) is 0 Å². The Labute approximate surface area is 88.3 Å². The van der Waals surface area contributed by atoms with Gasteiger partial charge in [-0.2, -0.15) is 0 Å². The third-order valence-electron chi connectivity index (χ3n) is 2.78. The van der Waals surface area contributed by atoms with Gasteiger partial charge in [-0.3, -0.25) is 0 Å².